The van der Waals surface area contributed by atoms with Crippen LogP contribution in [0.25, 0.3) is 20.4 Å². The fraction of sp³-hybridized carbons (Fsp3) is 0.455. The zero-order valence-electron chi connectivity index (χ0n) is 16.8. The summed E-state index contributed by atoms with van der Waals surface area (Å²) in [7, 11) is 0. The average Bonchev–Trinajstić information content (AvgIpc) is 3.35. The first kappa shape index (κ1) is 18.4. The number of aromatic nitrogens is 4. The Morgan fingerprint density at radius 2 is 1.10 bits per heavy atom. The van der Waals surface area contributed by atoms with Crippen LogP contribution in [0.1, 0.15) is 46.6 Å². The molecule has 8 heteroatoms. The van der Waals surface area contributed by atoms with Gasteiger partial charge in [-0.2, -0.15) is 0 Å². The smallest absolute Gasteiger partial charge is 0.138 e. The first-order chi connectivity index (χ1) is 14.9. The summed E-state index contributed by atoms with van der Waals surface area (Å²) in [4.78, 5) is 23.4. The highest BCUT2D eigenvalue weighted by molar-refractivity contribution is 7.19. The van der Waals surface area contributed by atoms with Gasteiger partial charge >= 0.3 is 0 Å². The SMILES string of the molecule is c1nc(NCCNc2ncnc3sc4c(c23)CCCC4)c2c3c(sc2n1)CCCC3. The van der Waals surface area contributed by atoms with Gasteiger partial charge in [-0.25, -0.2) is 19.9 Å². The molecule has 2 N–H and O–H groups in total. The van der Waals surface area contributed by atoms with Crippen molar-refractivity contribution in [1.82, 2.24) is 19.9 Å². The Morgan fingerprint density at radius 3 is 1.60 bits per heavy atom. The summed E-state index contributed by atoms with van der Waals surface area (Å²) >= 11 is 3.69. The predicted octanol–water partition coefficient (Wildman–Crippen LogP) is 4.98. The van der Waals surface area contributed by atoms with Crippen LogP contribution in [0.2, 0.25) is 0 Å². The number of rotatable bonds is 5. The van der Waals surface area contributed by atoms with Gasteiger partial charge in [0.15, 0.2) is 0 Å². The Labute approximate surface area is 183 Å². The highest BCUT2D eigenvalue weighted by atomic mass is 32.1. The maximum Gasteiger partial charge on any atom is 0.138 e. The number of fused-ring (bicyclic) bond motifs is 6. The van der Waals surface area contributed by atoms with Crippen molar-refractivity contribution in [2.45, 2.75) is 51.4 Å². The van der Waals surface area contributed by atoms with Gasteiger partial charge in [0.2, 0.25) is 0 Å². The monoisotopic (exact) mass is 436 g/mol. The minimum absolute atomic E-state index is 0.786. The third kappa shape index (κ3) is 3.13. The van der Waals surface area contributed by atoms with Crippen LogP contribution in [0.15, 0.2) is 12.7 Å². The zero-order valence-corrected chi connectivity index (χ0v) is 18.5. The molecule has 4 aromatic heterocycles. The molecular formula is C22H24N6S2. The molecule has 6 nitrogen and oxygen atoms in total. The van der Waals surface area contributed by atoms with Gasteiger partial charge in [-0.15, -0.1) is 22.7 Å². The summed E-state index contributed by atoms with van der Waals surface area (Å²) in [6, 6.07) is 0. The number of nitrogens with one attached hydrogen (secondary N) is 2. The van der Waals surface area contributed by atoms with Gasteiger partial charge in [0.25, 0.3) is 0 Å². The van der Waals surface area contributed by atoms with E-state index < -0.39 is 0 Å². The first-order valence-corrected chi connectivity index (χ1v) is 12.5. The average molecular weight is 437 g/mol. The van der Waals surface area contributed by atoms with Crippen molar-refractivity contribution in [2.75, 3.05) is 23.7 Å². The number of hydrogen-bond acceptors (Lipinski definition) is 8. The van der Waals surface area contributed by atoms with E-state index in [0.29, 0.717) is 0 Å². The molecule has 2 aliphatic carbocycles. The number of nitrogens with zero attached hydrogens (tertiary/aromatic N) is 4. The Balaban J connectivity index is 1.20. The largest absolute Gasteiger partial charge is 0.368 e. The number of hydrogen-bond donors (Lipinski definition) is 2. The van der Waals surface area contributed by atoms with Crippen LogP contribution >= 0.6 is 22.7 Å². The fourth-order valence-corrected chi connectivity index (χ4v) is 7.27. The van der Waals surface area contributed by atoms with E-state index in [1.165, 1.54) is 70.2 Å². The minimum Gasteiger partial charge on any atom is -0.368 e. The van der Waals surface area contributed by atoms with Gasteiger partial charge in [0.1, 0.15) is 34.0 Å². The van der Waals surface area contributed by atoms with Gasteiger partial charge in [-0.05, 0) is 62.5 Å². The van der Waals surface area contributed by atoms with E-state index in [1.807, 2.05) is 22.7 Å². The summed E-state index contributed by atoms with van der Waals surface area (Å²) in [5.74, 6) is 1.95. The van der Waals surface area contributed by atoms with Gasteiger partial charge in [0, 0.05) is 22.8 Å². The third-order valence-corrected chi connectivity index (χ3v) is 8.61. The van der Waals surface area contributed by atoms with E-state index in [-0.39, 0.29) is 0 Å². The standard InChI is InChI=1S/C22H24N6S2/c1-3-7-15-13(5-1)17-19(25-11-27-21(17)29-15)23-9-10-24-20-18-14-6-2-4-8-16(14)30-22(18)28-12-26-20/h11-12H,1-10H2,(H,23,25,27)(H,24,26,28). The maximum absolute atomic E-state index is 4.56. The van der Waals surface area contributed by atoms with Crippen molar-refractivity contribution < 1.29 is 0 Å². The van der Waals surface area contributed by atoms with Crippen LogP contribution in [-0.4, -0.2) is 33.0 Å². The molecule has 4 aromatic rings. The van der Waals surface area contributed by atoms with Crippen molar-refractivity contribution >= 4 is 54.7 Å². The zero-order chi connectivity index (χ0) is 19.9. The van der Waals surface area contributed by atoms with Crippen LogP contribution in [0.3, 0.4) is 0 Å². The summed E-state index contributed by atoms with van der Waals surface area (Å²) in [6.45, 7) is 1.57. The number of aryl methyl sites for hydroxylation is 4. The molecule has 0 unspecified atom stereocenters. The molecule has 0 saturated heterocycles. The molecule has 0 saturated carbocycles. The van der Waals surface area contributed by atoms with E-state index in [0.717, 1.165) is 47.2 Å². The van der Waals surface area contributed by atoms with Crippen LogP contribution in [0.5, 0.6) is 0 Å². The normalized spacial score (nSPS) is 15.9. The molecule has 4 heterocycles. The highest BCUT2D eigenvalue weighted by Crippen LogP contribution is 2.39. The Bertz CT molecular complexity index is 1130. The van der Waals surface area contributed by atoms with E-state index in [9.17, 15) is 0 Å². The van der Waals surface area contributed by atoms with E-state index in [1.54, 1.807) is 12.7 Å². The lowest BCUT2D eigenvalue weighted by molar-refractivity contribution is 0.700. The molecule has 0 bridgehead atoms. The quantitative estimate of drug-likeness (QED) is 0.430. The molecule has 0 aromatic carbocycles. The van der Waals surface area contributed by atoms with E-state index >= 15 is 0 Å². The van der Waals surface area contributed by atoms with E-state index in [4.69, 9.17) is 0 Å². The molecule has 0 atom stereocenters. The molecule has 6 rings (SSSR count). The molecule has 154 valence electrons. The lowest BCUT2D eigenvalue weighted by Crippen LogP contribution is -2.16. The summed E-state index contributed by atoms with van der Waals surface area (Å²) in [5, 5.41) is 9.59. The Morgan fingerprint density at radius 1 is 0.633 bits per heavy atom. The lowest BCUT2D eigenvalue weighted by atomic mass is 9.97. The summed E-state index contributed by atoms with van der Waals surface area (Å²) in [5.41, 5.74) is 2.94. The second-order valence-electron chi connectivity index (χ2n) is 8.08. The predicted molar refractivity (Wildman–Crippen MR) is 125 cm³/mol. The second kappa shape index (κ2) is 7.74. The first-order valence-electron chi connectivity index (χ1n) is 10.9. The van der Waals surface area contributed by atoms with Gasteiger partial charge in [0.05, 0.1) is 10.8 Å². The van der Waals surface area contributed by atoms with Crippen LogP contribution in [0.4, 0.5) is 11.6 Å². The Hall–Kier alpha value is -2.32. The summed E-state index contributed by atoms with van der Waals surface area (Å²) < 4.78 is 0. The lowest BCUT2D eigenvalue weighted by Gasteiger charge is -2.14. The van der Waals surface area contributed by atoms with Crippen molar-refractivity contribution in [2.24, 2.45) is 0 Å². The van der Waals surface area contributed by atoms with Gasteiger partial charge in [-0.1, -0.05) is 0 Å². The molecular weight excluding hydrogens is 412 g/mol. The topological polar surface area (TPSA) is 75.6 Å². The van der Waals surface area contributed by atoms with Crippen LogP contribution in [0, 0.1) is 0 Å². The minimum atomic E-state index is 0.786. The Kier molecular flexibility index (Phi) is 4.76. The van der Waals surface area contributed by atoms with E-state index in [2.05, 4.69) is 30.6 Å². The molecule has 2 aliphatic rings. The van der Waals surface area contributed by atoms with Crippen molar-refractivity contribution in [3.8, 4) is 0 Å². The third-order valence-electron chi connectivity index (χ3n) is 6.21. The fourth-order valence-electron chi connectivity index (χ4n) is 4.81. The second-order valence-corrected chi connectivity index (χ2v) is 10.2. The number of thiophene rings is 2. The van der Waals surface area contributed by atoms with Gasteiger partial charge in [-0.3, -0.25) is 0 Å². The van der Waals surface area contributed by atoms with Crippen molar-refractivity contribution in [3.05, 3.63) is 33.5 Å². The molecule has 0 aliphatic heterocycles. The molecule has 0 amide bonds. The highest BCUT2D eigenvalue weighted by Gasteiger charge is 2.21. The van der Waals surface area contributed by atoms with Gasteiger partial charge < -0.3 is 10.6 Å². The van der Waals surface area contributed by atoms with Crippen LogP contribution in [-0.2, 0) is 25.7 Å². The summed E-state index contributed by atoms with van der Waals surface area (Å²) in [6.07, 6.45) is 13.2. The molecule has 30 heavy (non-hydrogen) atoms. The van der Waals surface area contributed by atoms with Crippen molar-refractivity contribution in [1.29, 1.82) is 0 Å². The number of anilines is 2. The molecule has 0 spiro atoms. The van der Waals surface area contributed by atoms with Crippen LogP contribution < -0.4 is 10.6 Å². The molecule has 0 radical (unpaired) electrons. The maximum atomic E-state index is 4.56. The molecule has 0 fully saturated rings. The van der Waals surface area contributed by atoms with Crippen molar-refractivity contribution in [3.63, 3.8) is 0 Å².